The summed E-state index contributed by atoms with van der Waals surface area (Å²) in [7, 11) is 0. The lowest BCUT2D eigenvalue weighted by atomic mass is 10.4. The number of carbonyl (C=O) groups is 1. The summed E-state index contributed by atoms with van der Waals surface area (Å²) in [6.07, 6.45) is 0. The molecule has 1 aromatic heterocycles. The zero-order chi connectivity index (χ0) is 9.84. The highest BCUT2D eigenvalue weighted by atomic mass is 16.2. The van der Waals surface area contributed by atoms with Gasteiger partial charge in [0.05, 0.1) is 0 Å². The molecule has 0 atom stereocenters. The predicted octanol–water partition coefficient (Wildman–Crippen LogP) is 0.556. The lowest BCUT2D eigenvalue weighted by Gasteiger charge is -2.05. The van der Waals surface area contributed by atoms with Crippen LogP contribution in [0.1, 0.15) is 18.3 Å². The minimum atomic E-state index is -0.178. The van der Waals surface area contributed by atoms with Crippen LogP contribution >= 0.6 is 0 Å². The van der Waals surface area contributed by atoms with E-state index >= 15 is 0 Å². The van der Waals surface area contributed by atoms with Gasteiger partial charge in [0.15, 0.2) is 0 Å². The summed E-state index contributed by atoms with van der Waals surface area (Å²) in [4.78, 5) is 18.7. The summed E-state index contributed by atoms with van der Waals surface area (Å²) >= 11 is 0. The number of hydrogen-bond donors (Lipinski definition) is 2. The Morgan fingerprint density at radius 1 is 1.31 bits per heavy atom. The number of nitrogens with one attached hydrogen (secondary N) is 2. The maximum Gasteiger partial charge on any atom is 0.242 e. The minimum absolute atomic E-state index is 0.178. The lowest BCUT2D eigenvalue weighted by Crippen LogP contribution is -2.27. The number of hydrogen-bond acceptors (Lipinski definition) is 4. The van der Waals surface area contributed by atoms with Crippen molar-refractivity contribution in [3.8, 4) is 0 Å². The molecule has 0 radical (unpaired) electrons. The van der Waals surface area contributed by atoms with Crippen LogP contribution in [0.3, 0.4) is 0 Å². The summed E-state index contributed by atoms with van der Waals surface area (Å²) < 4.78 is 0. The number of aryl methyl sites for hydroxylation is 2. The number of hydrazine groups is 1. The molecule has 1 rings (SSSR count). The first-order valence-electron chi connectivity index (χ1n) is 3.93. The third-order valence-corrected chi connectivity index (χ3v) is 1.33. The average molecular weight is 180 g/mol. The molecule has 70 valence electrons. The van der Waals surface area contributed by atoms with Crippen molar-refractivity contribution >= 4 is 11.9 Å². The van der Waals surface area contributed by atoms with Crippen molar-refractivity contribution < 1.29 is 4.79 Å². The molecule has 0 aliphatic heterocycles. The van der Waals surface area contributed by atoms with Crippen LogP contribution in [0.25, 0.3) is 0 Å². The monoisotopic (exact) mass is 180 g/mol. The Hall–Kier alpha value is -1.65. The van der Waals surface area contributed by atoms with Crippen molar-refractivity contribution in [2.45, 2.75) is 20.8 Å². The van der Waals surface area contributed by atoms with E-state index in [-0.39, 0.29) is 5.91 Å². The van der Waals surface area contributed by atoms with Gasteiger partial charge < -0.3 is 0 Å². The Labute approximate surface area is 76.6 Å². The molecule has 0 bridgehead atoms. The molecule has 0 aromatic carbocycles. The van der Waals surface area contributed by atoms with Crippen LogP contribution < -0.4 is 10.9 Å². The average Bonchev–Trinajstić information content (AvgIpc) is 1.99. The van der Waals surface area contributed by atoms with Crippen molar-refractivity contribution in [3.05, 3.63) is 17.5 Å². The van der Waals surface area contributed by atoms with Gasteiger partial charge in [-0.15, -0.1) is 0 Å². The molecule has 0 saturated carbocycles. The summed E-state index contributed by atoms with van der Waals surface area (Å²) in [6.45, 7) is 5.15. The summed E-state index contributed by atoms with van der Waals surface area (Å²) in [5.41, 5.74) is 6.73. The van der Waals surface area contributed by atoms with E-state index in [1.54, 1.807) is 0 Å². The number of aromatic nitrogens is 2. The second-order valence-electron chi connectivity index (χ2n) is 2.78. The normalized spacial score (nSPS) is 9.46. The van der Waals surface area contributed by atoms with Crippen LogP contribution in [-0.4, -0.2) is 15.9 Å². The van der Waals surface area contributed by atoms with E-state index in [1.807, 2.05) is 19.9 Å². The van der Waals surface area contributed by atoms with Gasteiger partial charge in [0.25, 0.3) is 0 Å². The van der Waals surface area contributed by atoms with Crippen LogP contribution in [0.2, 0.25) is 0 Å². The van der Waals surface area contributed by atoms with Gasteiger partial charge in [-0.25, -0.2) is 9.97 Å². The van der Waals surface area contributed by atoms with Gasteiger partial charge in [0.1, 0.15) is 0 Å². The maximum absolute atomic E-state index is 10.6. The molecule has 0 aliphatic carbocycles. The molecule has 13 heavy (non-hydrogen) atoms. The minimum Gasteiger partial charge on any atom is -0.274 e. The Kier molecular flexibility index (Phi) is 2.79. The summed E-state index contributed by atoms with van der Waals surface area (Å²) in [6, 6.07) is 1.86. The smallest absolute Gasteiger partial charge is 0.242 e. The van der Waals surface area contributed by atoms with E-state index in [2.05, 4.69) is 20.8 Å². The highest BCUT2D eigenvalue weighted by molar-refractivity contribution is 5.73. The van der Waals surface area contributed by atoms with E-state index in [4.69, 9.17) is 0 Å². The fourth-order valence-corrected chi connectivity index (χ4v) is 0.926. The van der Waals surface area contributed by atoms with Gasteiger partial charge in [0.2, 0.25) is 11.9 Å². The van der Waals surface area contributed by atoms with Crippen LogP contribution in [-0.2, 0) is 4.79 Å². The Morgan fingerprint density at radius 2 is 1.85 bits per heavy atom. The SMILES string of the molecule is CC(=O)NNc1nc(C)cc(C)n1. The molecule has 5 heteroatoms. The third kappa shape index (κ3) is 3.06. The van der Waals surface area contributed by atoms with Crippen molar-refractivity contribution in [2.24, 2.45) is 0 Å². The second-order valence-corrected chi connectivity index (χ2v) is 2.78. The fourth-order valence-electron chi connectivity index (χ4n) is 0.926. The molecule has 0 spiro atoms. The molecule has 5 nitrogen and oxygen atoms in total. The van der Waals surface area contributed by atoms with Crippen LogP contribution in [0.15, 0.2) is 6.07 Å². The molecule has 2 N–H and O–H groups in total. The number of amides is 1. The van der Waals surface area contributed by atoms with E-state index in [9.17, 15) is 4.79 Å². The zero-order valence-electron chi connectivity index (χ0n) is 7.88. The largest absolute Gasteiger partial charge is 0.274 e. The zero-order valence-corrected chi connectivity index (χ0v) is 7.88. The number of nitrogens with zero attached hydrogens (tertiary/aromatic N) is 2. The molecule has 0 saturated heterocycles. The molecule has 1 aromatic rings. The van der Waals surface area contributed by atoms with Crippen LogP contribution in [0, 0.1) is 13.8 Å². The lowest BCUT2D eigenvalue weighted by molar-refractivity contribution is -0.118. The highest BCUT2D eigenvalue weighted by Gasteiger charge is 1.98. The predicted molar refractivity (Wildman–Crippen MR) is 48.9 cm³/mol. The third-order valence-electron chi connectivity index (χ3n) is 1.33. The first kappa shape index (κ1) is 9.44. The van der Waals surface area contributed by atoms with Gasteiger partial charge in [-0.2, -0.15) is 0 Å². The Balaban J connectivity index is 2.71. The molecule has 1 amide bonds. The number of carbonyl (C=O) groups excluding carboxylic acids is 1. The van der Waals surface area contributed by atoms with Gasteiger partial charge in [-0.1, -0.05) is 0 Å². The van der Waals surface area contributed by atoms with Gasteiger partial charge in [0, 0.05) is 18.3 Å². The molecular weight excluding hydrogens is 168 g/mol. The summed E-state index contributed by atoms with van der Waals surface area (Å²) in [5, 5.41) is 0. The number of anilines is 1. The highest BCUT2D eigenvalue weighted by Crippen LogP contribution is 2.01. The van der Waals surface area contributed by atoms with E-state index in [0.29, 0.717) is 5.95 Å². The van der Waals surface area contributed by atoms with E-state index in [1.165, 1.54) is 6.92 Å². The fraction of sp³-hybridized carbons (Fsp3) is 0.375. The van der Waals surface area contributed by atoms with Crippen molar-refractivity contribution in [1.82, 2.24) is 15.4 Å². The van der Waals surface area contributed by atoms with Gasteiger partial charge in [-0.3, -0.25) is 15.6 Å². The quantitative estimate of drug-likeness (QED) is 0.652. The first-order chi connectivity index (χ1) is 6.08. The second kappa shape index (κ2) is 3.84. The molecule has 0 aliphatic rings. The van der Waals surface area contributed by atoms with Crippen LogP contribution in [0.4, 0.5) is 5.95 Å². The van der Waals surface area contributed by atoms with Crippen LogP contribution in [0.5, 0.6) is 0 Å². The molecule has 0 unspecified atom stereocenters. The standard InChI is InChI=1S/C8H12N4O/c1-5-4-6(2)10-8(9-5)12-11-7(3)13/h4H,1-3H3,(H,11,13)(H,9,10,12). The van der Waals surface area contributed by atoms with Gasteiger partial charge >= 0.3 is 0 Å². The van der Waals surface area contributed by atoms with Crippen molar-refractivity contribution in [1.29, 1.82) is 0 Å². The Morgan fingerprint density at radius 3 is 2.31 bits per heavy atom. The van der Waals surface area contributed by atoms with E-state index < -0.39 is 0 Å². The summed E-state index contributed by atoms with van der Waals surface area (Å²) in [5.74, 6) is 0.232. The number of rotatable bonds is 2. The first-order valence-corrected chi connectivity index (χ1v) is 3.93. The molecule has 1 heterocycles. The van der Waals surface area contributed by atoms with Crippen molar-refractivity contribution in [2.75, 3.05) is 5.43 Å². The maximum atomic E-state index is 10.6. The van der Waals surface area contributed by atoms with E-state index in [0.717, 1.165) is 11.4 Å². The Bertz CT molecular complexity index is 304. The van der Waals surface area contributed by atoms with Crippen molar-refractivity contribution in [3.63, 3.8) is 0 Å². The topological polar surface area (TPSA) is 66.9 Å². The molecular formula is C8H12N4O. The van der Waals surface area contributed by atoms with Gasteiger partial charge in [-0.05, 0) is 19.9 Å². The molecule has 0 fully saturated rings.